The van der Waals surface area contributed by atoms with Gasteiger partial charge in [-0.1, -0.05) is 48.7 Å². The van der Waals surface area contributed by atoms with Gasteiger partial charge in [-0.2, -0.15) is 0 Å². The third kappa shape index (κ3) is 4.19. The highest BCUT2D eigenvalue weighted by Crippen LogP contribution is 2.43. The number of aliphatic hydroxyl groups is 1. The summed E-state index contributed by atoms with van der Waals surface area (Å²) in [6, 6.07) is 13.4. The first-order chi connectivity index (χ1) is 14.9. The first kappa shape index (κ1) is 21.4. The maximum Gasteiger partial charge on any atom is 0.295 e. The van der Waals surface area contributed by atoms with E-state index in [1.165, 1.54) is 0 Å². The summed E-state index contributed by atoms with van der Waals surface area (Å²) in [6.07, 6.45) is 3.80. The van der Waals surface area contributed by atoms with Crippen molar-refractivity contribution >= 4 is 29.1 Å². The van der Waals surface area contributed by atoms with Gasteiger partial charge in [0.1, 0.15) is 11.5 Å². The van der Waals surface area contributed by atoms with E-state index in [0.717, 1.165) is 31.2 Å². The number of carbonyl (C=O) groups is 2. The Labute approximate surface area is 187 Å². The van der Waals surface area contributed by atoms with Crippen LogP contribution in [0.3, 0.4) is 0 Å². The molecule has 1 aliphatic carbocycles. The Kier molecular flexibility index (Phi) is 6.05. The first-order valence-corrected chi connectivity index (χ1v) is 11.1. The predicted octanol–water partition coefficient (Wildman–Crippen LogP) is 5.49. The van der Waals surface area contributed by atoms with Gasteiger partial charge in [-0.05, 0) is 56.5 Å². The number of Topliss-reactive ketones (excluding diaryl/α,β-unsaturated/α-hetero) is 1. The Morgan fingerprint density at radius 1 is 1.10 bits per heavy atom. The van der Waals surface area contributed by atoms with Crippen molar-refractivity contribution in [3.05, 3.63) is 70.3 Å². The first-order valence-electron chi connectivity index (χ1n) is 10.7. The van der Waals surface area contributed by atoms with Gasteiger partial charge in [-0.25, -0.2) is 0 Å². The van der Waals surface area contributed by atoms with Gasteiger partial charge in [-0.3, -0.25) is 9.59 Å². The zero-order valence-corrected chi connectivity index (χ0v) is 18.4. The molecule has 31 heavy (non-hydrogen) atoms. The van der Waals surface area contributed by atoms with Crippen molar-refractivity contribution in [2.24, 2.45) is 0 Å². The molecule has 6 heteroatoms. The third-order valence-corrected chi connectivity index (χ3v) is 6.10. The molecule has 2 aromatic carbocycles. The lowest BCUT2D eigenvalue weighted by atomic mass is 9.94. The average molecular weight is 440 g/mol. The topological polar surface area (TPSA) is 66.8 Å². The number of hydrogen-bond acceptors (Lipinski definition) is 4. The van der Waals surface area contributed by atoms with Gasteiger partial charge in [0.25, 0.3) is 11.7 Å². The number of hydrogen-bond donors (Lipinski definition) is 1. The number of nitrogens with zero attached hydrogens (tertiary/aromatic N) is 1. The molecule has 0 radical (unpaired) electrons. The second kappa shape index (κ2) is 8.75. The molecule has 2 fully saturated rings. The van der Waals surface area contributed by atoms with Crippen LogP contribution < -0.4 is 4.74 Å². The monoisotopic (exact) mass is 439 g/mol. The molecule has 1 atom stereocenters. The van der Waals surface area contributed by atoms with Gasteiger partial charge >= 0.3 is 0 Å². The van der Waals surface area contributed by atoms with E-state index in [-0.39, 0.29) is 23.5 Å². The quantitative estimate of drug-likeness (QED) is 0.380. The number of halogens is 1. The number of aliphatic hydroxyl groups excluding tert-OH is 1. The largest absolute Gasteiger partial charge is 0.507 e. The maximum absolute atomic E-state index is 13.1. The zero-order chi connectivity index (χ0) is 22.1. The van der Waals surface area contributed by atoms with Crippen molar-refractivity contribution in [2.75, 3.05) is 0 Å². The number of amides is 1. The minimum absolute atomic E-state index is 0.0160. The second-order valence-electron chi connectivity index (χ2n) is 8.39. The van der Waals surface area contributed by atoms with Crippen LogP contribution in [0.2, 0.25) is 5.02 Å². The lowest BCUT2D eigenvalue weighted by molar-refractivity contribution is -0.141. The molecule has 1 aliphatic heterocycles. The summed E-state index contributed by atoms with van der Waals surface area (Å²) in [6.45, 7) is 3.90. The molecule has 1 saturated heterocycles. The second-order valence-corrected chi connectivity index (χ2v) is 8.83. The highest BCUT2D eigenvalue weighted by atomic mass is 35.5. The van der Waals surface area contributed by atoms with Crippen LogP contribution in [-0.2, 0) is 9.59 Å². The lowest BCUT2D eigenvalue weighted by Crippen LogP contribution is -2.37. The lowest BCUT2D eigenvalue weighted by Gasteiger charge is -2.31. The number of carbonyl (C=O) groups excluding carboxylic acids is 2. The van der Waals surface area contributed by atoms with Crippen molar-refractivity contribution in [3.8, 4) is 5.75 Å². The number of ether oxygens (including phenoxy) is 1. The molecule has 1 amide bonds. The Hall–Kier alpha value is -2.79. The minimum Gasteiger partial charge on any atom is -0.507 e. The SMILES string of the molecule is CC(C)Oc1ccc(C2/C(=C(/O)c3cccc(Cl)c3)C(=O)C(=O)N2C2CCCC2)cc1. The summed E-state index contributed by atoms with van der Waals surface area (Å²) in [5.74, 6) is -0.694. The van der Waals surface area contributed by atoms with Crippen LogP contribution in [-0.4, -0.2) is 33.8 Å². The van der Waals surface area contributed by atoms with Gasteiger partial charge in [0.15, 0.2) is 0 Å². The Morgan fingerprint density at radius 3 is 2.39 bits per heavy atom. The smallest absolute Gasteiger partial charge is 0.295 e. The van der Waals surface area contributed by atoms with Crippen molar-refractivity contribution in [2.45, 2.75) is 57.7 Å². The van der Waals surface area contributed by atoms with Crippen LogP contribution in [0.5, 0.6) is 5.75 Å². The number of ketones is 1. The molecule has 0 aromatic heterocycles. The van der Waals surface area contributed by atoms with Gasteiger partial charge in [0.2, 0.25) is 0 Å². The van der Waals surface area contributed by atoms with Crippen LogP contribution in [0.25, 0.3) is 5.76 Å². The summed E-state index contributed by atoms with van der Waals surface area (Å²) in [5, 5.41) is 11.5. The van der Waals surface area contributed by atoms with Crippen LogP contribution in [0.1, 0.15) is 56.7 Å². The molecule has 162 valence electrons. The summed E-state index contributed by atoms with van der Waals surface area (Å²) in [7, 11) is 0. The molecule has 1 saturated carbocycles. The zero-order valence-electron chi connectivity index (χ0n) is 17.7. The van der Waals surface area contributed by atoms with E-state index >= 15 is 0 Å². The normalized spacial score (nSPS) is 21.3. The van der Waals surface area contributed by atoms with Gasteiger partial charge in [0.05, 0.1) is 17.7 Å². The number of rotatable bonds is 5. The summed E-state index contributed by atoms with van der Waals surface area (Å²) < 4.78 is 5.73. The predicted molar refractivity (Wildman–Crippen MR) is 120 cm³/mol. The van der Waals surface area contributed by atoms with E-state index in [4.69, 9.17) is 16.3 Å². The van der Waals surface area contributed by atoms with E-state index in [0.29, 0.717) is 16.3 Å². The van der Waals surface area contributed by atoms with E-state index in [1.54, 1.807) is 29.2 Å². The Bertz CT molecular complexity index is 1020. The fraction of sp³-hybridized carbons (Fsp3) is 0.360. The van der Waals surface area contributed by atoms with E-state index in [9.17, 15) is 14.7 Å². The maximum atomic E-state index is 13.1. The average Bonchev–Trinajstić information content (AvgIpc) is 3.35. The molecular weight excluding hydrogens is 414 g/mol. The van der Waals surface area contributed by atoms with Crippen LogP contribution >= 0.6 is 11.6 Å². The minimum atomic E-state index is -0.656. The fourth-order valence-electron chi connectivity index (χ4n) is 4.53. The molecule has 0 spiro atoms. The number of likely N-dealkylation sites (tertiary alicyclic amines) is 1. The summed E-state index contributed by atoms with van der Waals surface area (Å²) >= 11 is 6.10. The molecule has 5 nitrogen and oxygen atoms in total. The molecule has 2 aromatic rings. The van der Waals surface area contributed by atoms with Crippen molar-refractivity contribution in [3.63, 3.8) is 0 Å². The molecule has 1 N–H and O–H groups in total. The number of benzene rings is 2. The highest BCUT2D eigenvalue weighted by molar-refractivity contribution is 6.46. The van der Waals surface area contributed by atoms with Gasteiger partial charge in [0, 0.05) is 16.6 Å². The van der Waals surface area contributed by atoms with Gasteiger partial charge < -0.3 is 14.7 Å². The molecular formula is C25H26ClNO4. The molecule has 0 bridgehead atoms. The van der Waals surface area contributed by atoms with Crippen molar-refractivity contribution < 1.29 is 19.4 Å². The highest BCUT2D eigenvalue weighted by Gasteiger charge is 2.49. The van der Waals surface area contributed by atoms with Crippen molar-refractivity contribution in [1.29, 1.82) is 0 Å². The molecule has 4 rings (SSSR count). The van der Waals surface area contributed by atoms with E-state index < -0.39 is 17.7 Å². The summed E-state index contributed by atoms with van der Waals surface area (Å²) in [5.41, 5.74) is 1.30. The Morgan fingerprint density at radius 2 is 1.77 bits per heavy atom. The standard InChI is InChI=1S/C25H26ClNO4/c1-15(2)31-20-12-10-16(11-13-20)22-21(23(28)17-6-5-7-18(26)14-17)24(29)25(30)27(22)19-8-3-4-9-19/h5-7,10-15,19,22,28H,3-4,8-9H2,1-2H3/b23-21-. The Balaban J connectivity index is 1.83. The van der Waals surface area contributed by atoms with Crippen LogP contribution in [0.15, 0.2) is 54.1 Å². The summed E-state index contributed by atoms with van der Waals surface area (Å²) in [4.78, 5) is 27.9. The molecule has 2 aliphatic rings. The fourth-order valence-corrected chi connectivity index (χ4v) is 4.72. The van der Waals surface area contributed by atoms with Crippen molar-refractivity contribution in [1.82, 2.24) is 4.90 Å². The van der Waals surface area contributed by atoms with E-state index in [1.807, 2.05) is 38.1 Å². The van der Waals surface area contributed by atoms with Gasteiger partial charge in [-0.15, -0.1) is 0 Å². The third-order valence-electron chi connectivity index (χ3n) is 5.86. The van der Waals surface area contributed by atoms with Crippen LogP contribution in [0.4, 0.5) is 0 Å². The molecule has 1 unspecified atom stereocenters. The van der Waals surface area contributed by atoms with E-state index in [2.05, 4.69) is 0 Å². The molecule has 1 heterocycles. The van der Waals surface area contributed by atoms with Crippen LogP contribution in [0, 0.1) is 0 Å².